The molecule has 1 N–H and O–H groups in total. The summed E-state index contributed by atoms with van der Waals surface area (Å²) < 4.78 is 11.2. The van der Waals surface area contributed by atoms with Crippen LogP contribution in [0.15, 0.2) is 30.3 Å². The number of hydrogen-bond donors (Lipinski definition) is 1. The molecule has 0 bridgehead atoms. The summed E-state index contributed by atoms with van der Waals surface area (Å²) in [4.78, 5) is 52.3. The highest BCUT2D eigenvalue weighted by Gasteiger charge is 2.50. The van der Waals surface area contributed by atoms with Gasteiger partial charge in [0, 0.05) is 30.6 Å². The lowest BCUT2D eigenvalue weighted by atomic mass is 9.56. The summed E-state index contributed by atoms with van der Waals surface area (Å²) in [5.74, 6) is -1.71. The van der Waals surface area contributed by atoms with Gasteiger partial charge in [-0.05, 0) is 22.9 Å². The third-order valence-corrected chi connectivity index (χ3v) is 6.99. The predicted molar refractivity (Wildman–Crippen MR) is 140 cm³/mol. The van der Waals surface area contributed by atoms with E-state index in [0.29, 0.717) is 19.7 Å². The highest BCUT2D eigenvalue weighted by Crippen LogP contribution is 2.41. The summed E-state index contributed by atoms with van der Waals surface area (Å²) in [6.45, 7) is 1.67. The lowest BCUT2D eigenvalue weighted by molar-refractivity contribution is -0.143. The molecule has 0 aromatic heterocycles. The van der Waals surface area contributed by atoms with E-state index in [-0.39, 0.29) is 59.8 Å². The summed E-state index contributed by atoms with van der Waals surface area (Å²) >= 11 is 0. The molecule has 1 atom stereocenters. The number of imide groups is 1. The summed E-state index contributed by atoms with van der Waals surface area (Å²) in [7, 11) is 25.2. The van der Waals surface area contributed by atoms with Gasteiger partial charge in [-0.25, -0.2) is 0 Å². The molecular formula is C25H21B4N3O6. The van der Waals surface area contributed by atoms with Crippen LogP contribution in [0.5, 0.6) is 5.75 Å². The second-order valence-corrected chi connectivity index (χ2v) is 9.57. The van der Waals surface area contributed by atoms with Crippen molar-refractivity contribution in [3.63, 3.8) is 0 Å². The second-order valence-electron chi connectivity index (χ2n) is 9.57. The first-order valence-electron chi connectivity index (χ1n) is 12.1. The van der Waals surface area contributed by atoms with Gasteiger partial charge in [0.25, 0.3) is 5.91 Å². The third-order valence-electron chi connectivity index (χ3n) is 6.99. The quantitative estimate of drug-likeness (QED) is 0.359. The number of benzene rings is 2. The molecule has 0 aliphatic carbocycles. The largest absolute Gasteiger partial charge is 0.489 e. The van der Waals surface area contributed by atoms with Gasteiger partial charge < -0.3 is 19.3 Å². The maximum Gasteiger partial charge on any atom is 0.254 e. The van der Waals surface area contributed by atoms with Crippen molar-refractivity contribution in [1.82, 2.24) is 15.1 Å². The van der Waals surface area contributed by atoms with E-state index in [1.807, 2.05) is 24.3 Å². The van der Waals surface area contributed by atoms with Crippen molar-refractivity contribution in [2.45, 2.75) is 37.4 Å². The van der Waals surface area contributed by atoms with Crippen LogP contribution < -0.4 is 21.0 Å². The van der Waals surface area contributed by atoms with Gasteiger partial charge in [0.05, 0.1) is 22.3 Å². The standard InChI is InChI=1S/C25H21B4N3O6/c26-16-9-15-20(25(28,29)32(24(15)36)17-5-6-18(33)30-23(17)35)22(21(16)27)38-11-14-3-1-13(2-4-14)10-31-7-8-37-12-19(31)34/h1-4,9,17H,5-8,10-12H2,(H,30,33,35). The average Bonchev–Trinajstić information content (AvgIpc) is 3.06. The number of amides is 4. The van der Waals surface area contributed by atoms with Gasteiger partial charge in [0.2, 0.25) is 17.7 Å². The van der Waals surface area contributed by atoms with Gasteiger partial charge >= 0.3 is 0 Å². The highest BCUT2D eigenvalue weighted by atomic mass is 16.5. The molecule has 184 valence electrons. The van der Waals surface area contributed by atoms with Gasteiger partial charge in [0.1, 0.15) is 40.7 Å². The monoisotopic (exact) mass is 503 g/mol. The first-order valence-corrected chi connectivity index (χ1v) is 12.1. The minimum absolute atomic E-state index is 0.0376. The van der Waals surface area contributed by atoms with Crippen LogP contribution in [0.1, 0.15) is 39.9 Å². The third kappa shape index (κ3) is 4.64. The Balaban J connectivity index is 1.37. The van der Waals surface area contributed by atoms with Crippen LogP contribution in [0.4, 0.5) is 0 Å². The van der Waals surface area contributed by atoms with Gasteiger partial charge in [-0.1, -0.05) is 41.3 Å². The number of fused-ring (bicyclic) bond motifs is 1. The number of hydrogen-bond acceptors (Lipinski definition) is 6. The maximum atomic E-state index is 13.4. The Bertz CT molecular complexity index is 1330. The molecule has 3 heterocycles. The van der Waals surface area contributed by atoms with Gasteiger partial charge in [0.15, 0.2) is 0 Å². The van der Waals surface area contributed by atoms with Crippen molar-refractivity contribution in [2.75, 3.05) is 19.8 Å². The number of morpholine rings is 1. The van der Waals surface area contributed by atoms with Crippen LogP contribution in [0.3, 0.4) is 0 Å². The first kappa shape index (κ1) is 26.2. The maximum absolute atomic E-state index is 13.4. The van der Waals surface area contributed by atoms with E-state index >= 15 is 0 Å². The van der Waals surface area contributed by atoms with Crippen LogP contribution in [-0.2, 0) is 37.6 Å². The van der Waals surface area contributed by atoms with Crippen LogP contribution >= 0.6 is 0 Å². The highest BCUT2D eigenvalue weighted by molar-refractivity contribution is 6.51. The Hall–Kier alpha value is -3.46. The smallest absolute Gasteiger partial charge is 0.254 e. The zero-order valence-corrected chi connectivity index (χ0v) is 20.6. The fourth-order valence-corrected chi connectivity index (χ4v) is 4.99. The topological polar surface area (TPSA) is 105 Å². The Morgan fingerprint density at radius 2 is 1.79 bits per heavy atom. The van der Waals surface area contributed by atoms with E-state index in [1.165, 1.54) is 6.07 Å². The Kier molecular flexibility index (Phi) is 6.90. The fraction of sp³-hybridized carbons (Fsp3) is 0.360. The Morgan fingerprint density at radius 3 is 2.47 bits per heavy atom. The number of ether oxygens (including phenoxy) is 2. The number of nitrogens with zero attached hydrogens (tertiary/aromatic N) is 2. The van der Waals surface area contributed by atoms with E-state index in [2.05, 4.69) is 5.32 Å². The van der Waals surface area contributed by atoms with Crippen LogP contribution in [0.25, 0.3) is 0 Å². The Morgan fingerprint density at radius 1 is 1.08 bits per heavy atom. The molecule has 5 rings (SSSR count). The number of rotatable bonds is 6. The zero-order chi connectivity index (χ0) is 27.2. The normalized spacial score (nSPS) is 20.9. The molecule has 0 saturated carbocycles. The number of nitrogens with one attached hydrogen (secondary N) is 1. The molecule has 3 aliphatic rings. The van der Waals surface area contributed by atoms with E-state index < -0.39 is 29.1 Å². The summed E-state index contributed by atoms with van der Waals surface area (Å²) in [6, 6.07) is 7.79. The first-order chi connectivity index (χ1) is 18.1. The van der Waals surface area contributed by atoms with Gasteiger partial charge in [-0.3, -0.25) is 24.5 Å². The zero-order valence-electron chi connectivity index (χ0n) is 20.6. The van der Waals surface area contributed by atoms with Crippen molar-refractivity contribution in [3.8, 4) is 5.75 Å². The summed E-state index contributed by atoms with van der Waals surface area (Å²) in [5.41, 5.74) is 2.07. The van der Waals surface area contributed by atoms with Crippen molar-refractivity contribution < 1.29 is 28.7 Å². The number of carbonyl (C=O) groups is 4. The van der Waals surface area contributed by atoms with E-state index in [0.717, 1.165) is 16.0 Å². The number of piperidine rings is 1. The summed E-state index contributed by atoms with van der Waals surface area (Å²) in [5, 5.41) is 0.273. The molecular weight excluding hydrogens is 482 g/mol. The molecule has 1 unspecified atom stereocenters. The fourth-order valence-electron chi connectivity index (χ4n) is 4.99. The van der Waals surface area contributed by atoms with Gasteiger partial charge in [-0.15, -0.1) is 0 Å². The van der Waals surface area contributed by atoms with Crippen molar-refractivity contribution in [3.05, 3.63) is 52.6 Å². The van der Waals surface area contributed by atoms with Crippen LogP contribution in [0.2, 0.25) is 0 Å². The minimum Gasteiger partial charge on any atom is -0.489 e. The SMILES string of the molecule is [B]c1cc2c(c(OCc3ccc(CN4CCOCC4=O)cc3)c1[B])C([B])([B])N(C1CCC(=O)NC1=O)C2=O. The molecule has 2 aromatic rings. The van der Waals surface area contributed by atoms with Crippen LogP contribution in [0, 0.1) is 0 Å². The molecule has 3 aliphatic heterocycles. The molecule has 13 heteroatoms. The average molecular weight is 503 g/mol. The summed E-state index contributed by atoms with van der Waals surface area (Å²) in [6.07, 6.45) is 0.111. The molecule has 2 saturated heterocycles. The molecule has 2 fully saturated rings. The lowest BCUT2D eigenvalue weighted by Gasteiger charge is -2.41. The second kappa shape index (κ2) is 10.0. The van der Waals surface area contributed by atoms with Gasteiger partial charge in [-0.2, -0.15) is 0 Å². The molecule has 9 nitrogen and oxygen atoms in total. The predicted octanol–water partition coefficient (Wildman–Crippen LogP) is -2.08. The van der Waals surface area contributed by atoms with Crippen LogP contribution in [-0.4, -0.2) is 90.6 Å². The van der Waals surface area contributed by atoms with Crippen molar-refractivity contribution in [1.29, 1.82) is 0 Å². The van der Waals surface area contributed by atoms with Crippen molar-refractivity contribution in [2.24, 2.45) is 0 Å². The molecule has 8 radical (unpaired) electrons. The molecule has 2 aromatic carbocycles. The molecule has 4 amide bonds. The minimum atomic E-state index is -1.94. The lowest BCUT2D eigenvalue weighted by Crippen LogP contribution is -2.59. The molecule has 0 spiro atoms. The van der Waals surface area contributed by atoms with E-state index in [4.69, 9.17) is 40.9 Å². The van der Waals surface area contributed by atoms with Crippen molar-refractivity contribution >= 4 is 65.9 Å². The van der Waals surface area contributed by atoms with E-state index in [9.17, 15) is 19.2 Å². The number of carbonyl (C=O) groups excluding carboxylic acids is 4. The van der Waals surface area contributed by atoms with E-state index in [1.54, 1.807) is 4.90 Å². The Labute approximate surface area is 225 Å². The molecule has 38 heavy (non-hydrogen) atoms.